The minimum Gasteiger partial charge on any atom is -0.508 e. The molecule has 3 aromatic carbocycles. The van der Waals surface area contributed by atoms with Gasteiger partial charge < -0.3 is 15.3 Å². The van der Waals surface area contributed by atoms with E-state index in [-0.39, 0.29) is 49.4 Å². The van der Waals surface area contributed by atoms with E-state index in [9.17, 15) is 0 Å². The number of hydrogen-bond donors (Lipinski definition) is 3. The van der Waals surface area contributed by atoms with Crippen molar-refractivity contribution in [2.24, 2.45) is 0 Å². The molecular weight excluding hydrogens is 416 g/mol. The van der Waals surface area contributed by atoms with Crippen molar-refractivity contribution in [1.82, 2.24) is 0 Å². The van der Waals surface area contributed by atoms with Crippen molar-refractivity contribution < 1.29 is 64.7 Å². The van der Waals surface area contributed by atoms with Gasteiger partial charge in [-0.15, -0.1) is 0 Å². The van der Waals surface area contributed by atoms with E-state index in [1.54, 1.807) is 72.8 Å². The van der Waals surface area contributed by atoms with E-state index in [0.29, 0.717) is 17.2 Å². The van der Waals surface area contributed by atoms with Crippen LogP contribution in [-0.4, -0.2) is 15.3 Å². The minimum absolute atomic E-state index is 0. The minimum atomic E-state index is 0. The second-order valence-corrected chi connectivity index (χ2v) is 4.01. The average molecular weight is 434 g/mol. The Kier molecular flexibility index (Phi) is 12.5. The predicted octanol–water partition coefficient (Wildman–Crippen LogP) is 4.18. The first-order valence-corrected chi connectivity index (χ1v) is 6.40. The van der Waals surface area contributed by atoms with E-state index in [4.69, 9.17) is 15.3 Å². The molecular formula is C18H18EuO3. The van der Waals surface area contributed by atoms with Gasteiger partial charge in [0.25, 0.3) is 0 Å². The predicted molar refractivity (Wildman–Crippen MR) is 84.3 cm³/mol. The molecule has 3 nitrogen and oxygen atoms in total. The Balaban J connectivity index is 0.000000294. The van der Waals surface area contributed by atoms with Crippen LogP contribution in [0.5, 0.6) is 17.2 Å². The molecule has 0 aromatic heterocycles. The molecule has 0 saturated heterocycles. The molecule has 0 amide bonds. The second-order valence-electron chi connectivity index (χ2n) is 4.01. The maximum atomic E-state index is 8.63. The molecule has 0 spiro atoms. The van der Waals surface area contributed by atoms with Crippen molar-refractivity contribution in [1.29, 1.82) is 0 Å². The van der Waals surface area contributed by atoms with Crippen molar-refractivity contribution >= 4 is 0 Å². The third-order valence-corrected chi connectivity index (χ3v) is 2.27. The number of hydrogen-bond acceptors (Lipinski definition) is 3. The molecule has 3 aromatic rings. The summed E-state index contributed by atoms with van der Waals surface area (Å²) in [5.41, 5.74) is 0. The van der Waals surface area contributed by atoms with Gasteiger partial charge in [0.2, 0.25) is 0 Å². The van der Waals surface area contributed by atoms with Crippen molar-refractivity contribution in [2.45, 2.75) is 0 Å². The fourth-order valence-electron chi connectivity index (χ4n) is 1.28. The topological polar surface area (TPSA) is 60.7 Å². The largest absolute Gasteiger partial charge is 0.508 e. The molecule has 1 radical (unpaired) electrons. The van der Waals surface area contributed by atoms with Crippen LogP contribution in [0, 0.1) is 49.4 Å². The molecule has 3 N–H and O–H groups in total. The van der Waals surface area contributed by atoms with Crippen LogP contribution in [0.2, 0.25) is 0 Å². The Morgan fingerprint density at radius 3 is 0.636 bits per heavy atom. The molecule has 0 aliphatic carbocycles. The van der Waals surface area contributed by atoms with Gasteiger partial charge in [-0.25, -0.2) is 0 Å². The van der Waals surface area contributed by atoms with E-state index in [2.05, 4.69) is 0 Å². The Morgan fingerprint density at radius 1 is 0.364 bits per heavy atom. The summed E-state index contributed by atoms with van der Waals surface area (Å²) in [6.45, 7) is 0. The van der Waals surface area contributed by atoms with Crippen LogP contribution in [0.4, 0.5) is 0 Å². The summed E-state index contributed by atoms with van der Waals surface area (Å²) >= 11 is 0. The Labute approximate surface area is 171 Å². The molecule has 0 aliphatic heterocycles. The number of benzene rings is 3. The Hall–Kier alpha value is -1.36. The van der Waals surface area contributed by atoms with Crippen LogP contribution < -0.4 is 0 Å². The third kappa shape index (κ3) is 11.3. The van der Waals surface area contributed by atoms with Crippen LogP contribution in [-0.2, 0) is 0 Å². The molecule has 0 unspecified atom stereocenters. The Morgan fingerprint density at radius 2 is 0.545 bits per heavy atom. The van der Waals surface area contributed by atoms with E-state index in [1.807, 2.05) is 18.2 Å². The zero-order valence-corrected chi connectivity index (χ0v) is 14.3. The normalized spacial score (nSPS) is 8.18. The fraction of sp³-hybridized carbons (Fsp3) is 0. The van der Waals surface area contributed by atoms with E-state index in [1.165, 1.54) is 0 Å². The van der Waals surface area contributed by atoms with Gasteiger partial charge in [0.1, 0.15) is 17.2 Å². The van der Waals surface area contributed by atoms with Gasteiger partial charge in [-0.2, -0.15) is 0 Å². The molecule has 3 rings (SSSR count). The van der Waals surface area contributed by atoms with Crippen molar-refractivity contribution in [3.8, 4) is 17.2 Å². The van der Waals surface area contributed by atoms with Gasteiger partial charge in [0.15, 0.2) is 0 Å². The van der Waals surface area contributed by atoms with Crippen LogP contribution >= 0.6 is 0 Å². The molecule has 0 atom stereocenters. The average Bonchev–Trinajstić information content (AvgIpc) is 2.51. The van der Waals surface area contributed by atoms with Crippen LogP contribution in [0.25, 0.3) is 0 Å². The monoisotopic (exact) mass is 435 g/mol. The van der Waals surface area contributed by atoms with Crippen molar-refractivity contribution in [3.05, 3.63) is 91.0 Å². The Bertz CT molecular complexity index is 497. The summed E-state index contributed by atoms with van der Waals surface area (Å²) in [4.78, 5) is 0. The van der Waals surface area contributed by atoms with Gasteiger partial charge in [0, 0.05) is 49.4 Å². The summed E-state index contributed by atoms with van der Waals surface area (Å²) in [6, 6.07) is 26.1. The van der Waals surface area contributed by atoms with Crippen molar-refractivity contribution in [2.75, 3.05) is 0 Å². The van der Waals surface area contributed by atoms with Gasteiger partial charge >= 0.3 is 0 Å². The number of para-hydroxylation sites is 3. The quantitative estimate of drug-likeness (QED) is 0.498. The first-order chi connectivity index (χ1) is 10.2. The summed E-state index contributed by atoms with van der Waals surface area (Å²) in [5, 5.41) is 25.9. The van der Waals surface area contributed by atoms with Gasteiger partial charge in [-0.1, -0.05) is 54.6 Å². The molecule has 0 heterocycles. The second kappa shape index (κ2) is 13.3. The third-order valence-electron chi connectivity index (χ3n) is 2.27. The SMILES string of the molecule is Oc1ccccc1.Oc1ccccc1.Oc1ccccc1.[Eu]. The molecule has 0 aliphatic rings. The molecule has 0 saturated carbocycles. The zero-order chi connectivity index (χ0) is 15.3. The van der Waals surface area contributed by atoms with Crippen LogP contribution in [0.1, 0.15) is 0 Å². The zero-order valence-electron chi connectivity index (χ0n) is 11.9. The van der Waals surface area contributed by atoms with E-state index < -0.39 is 0 Å². The first-order valence-electron chi connectivity index (χ1n) is 6.40. The van der Waals surface area contributed by atoms with Gasteiger partial charge in [-0.3, -0.25) is 0 Å². The number of rotatable bonds is 0. The van der Waals surface area contributed by atoms with Gasteiger partial charge in [0.05, 0.1) is 0 Å². The van der Waals surface area contributed by atoms with Crippen LogP contribution in [0.15, 0.2) is 91.0 Å². The smallest absolute Gasteiger partial charge is 0.115 e. The van der Waals surface area contributed by atoms with E-state index >= 15 is 0 Å². The maximum absolute atomic E-state index is 8.63. The fourth-order valence-corrected chi connectivity index (χ4v) is 1.28. The standard InChI is InChI=1S/3C6H6O.Eu/c3*7-6-4-2-1-3-5-6;/h3*1-5,7H;. The maximum Gasteiger partial charge on any atom is 0.115 e. The summed E-state index contributed by atoms with van der Waals surface area (Å²) in [7, 11) is 0. The molecule has 4 heteroatoms. The number of aromatic hydroxyl groups is 3. The first kappa shape index (κ1) is 20.6. The van der Waals surface area contributed by atoms with E-state index in [0.717, 1.165) is 0 Å². The molecule has 0 fully saturated rings. The van der Waals surface area contributed by atoms with Gasteiger partial charge in [-0.05, 0) is 36.4 Å². The summed E-state index contributed by atoms with van der Waals surface area (Å²) in [5.74, 6) is 0.965. The van der Waals surface area contributed by atoms with Crippen molar-refractivity contribution in [3.63, 3.8) is 0 Å². The molecule has 0 bridgehead atoms. The molecule has 22 heavy (non-hydrogen) atoms. The number of phenols is 3. The summed E-state index contributed by atoms with van der Waals surface area (Å²) < 4.78 is 0. The van der Waals surface area contributed by atoms with Crippen LogP contribution in [0.3, 0.4) is 0 Å². The molecule has 115 valence electrons. The summed E-state index contributed by atoms with van der Waals surface area (Å²) in [6.07, 6.45) is 0. The number of phenolic OH excluding ortho intramolecular Hbond substituents is 3.